The number of unbranched alkanes of at least 4 members (excludes halogenated alkanes) is 21. The molecule has 6 nitrogen and oxygen atoms in total. The largest absolute Gasteiger partial charge is 0.462 e. The van der Waals surface area contributed by atoms with E-state index in [4.69, 9.17) is 14.2 Å². The van der Waals surface area contributed by atoms with E-state index in [0.717, 1.165) is 161 Å². The summed E-state index contributed by atoms with van der Waals surface area (Å²) >= 11 is 0. The van der Waals surface area contributed by atoms with E-state index >= 15 is 0 Å². The second-order valence-corrected chi connectivity index (χ2v) is 19.1. The van der Waals surface area contributed by atoms with Crippen LogP contribution in [0.3, 0.4) is 0 Å². The van der Waals surface area contributed by atoms with Gasteiger partial charge in [-0.25, -0.2) is 0 Å². The minimum absolute atomic E-state index is 0.0986. The minimum Gasteiger partial charge on any atom is -0.462 e. The van der Waals surface area contributed by atoms with Gasteiger partial charge in [-0.3, -0.25) is 14.4 Å². The average molecular weight is 998 g/mol. The lowest BCUT2D eigenvalue weighted by atomic mass is 10.1. The molecule has 0 fully saturated rings. The first-order valence-corrected chi connectivity index (χ1v) is 29.5. The van der Waals surface area contributed by atoms with E-state index in [9.17, 15) is 14.4 Å². The van der Waals surface area contributed by atoms with Crippen LogP contribution in [-0.2, 0) is 28.6 Å². The molecule has 0 bridgehead atoms. The van der Waals surface area contributed by atoms with Gasteiger partial charge in [-0.1, -0.05) is 232 Å². The van der Waals surface area contributed by atoms with E-state index < -0.39 is 6.10 Å². The molecule has 0 N–H and O–H groups in total. The fraction of sp³-hybridized carbons (Fsp3) is 0.652. The number of esters is 3. The monoisotopic (exact) mass is 997 g/mol. The fourth-order valence-corrected chi connectivity index (χ4v) is 7.81. The normalized spacial score (nSPS) is 13.0. The van der Waals surface area contributed by atoms with Gasteiger partial charge in [-0.05, 0) is 128 Å². The summed E-state index contributed by atoms with van der Waals surface area (Å²) in [5, 5.41) is 0. The van der Waals surface area contributed by atoms with Gasteiger partial charge in [0, 0.05) is 19.3 Å². The molecule has 0 aromatic heterocycles. The zero-order valence-corrected chi connectivity index (χ0v) is 46.7. The Morgan fingerprint density at radius 2 is 0.542 bits per heavy atom. The summed E-state index contributed by atoms with van der Waals surface area (Å²) in [7, 11) is 0. The summed E-state index contributed by atoms with van der Waals surface area (Å²) in [5.41, 5.74) is 0. The predicted molar refractivity (Wildman–Crippen MR) is 311 cm³/mol. The number of allylic oxidation sites excluding steroid dienone is 20. The van der Waals surface area contributed by atoms with Crippen molar-refractivity contribution in [1.29, 1.82) is 0 Å². The van der Waals surface area contributed by atoms with Crippen LogP contribution in [-0.4, -0.2) is 37.2 Å². The molecule has 0 aliphatic heterocycles. The average Bonchev–Trinajstić information content (AvgIpc) is 3.38. The van der Waals surface area contributed by atoms with Crippen LogP contribution < -0.4 is 0 Å². The van der Waals surface area contributed by atoms with Crippen molar-refractivity contribution in [1.82, 2.24) is 0 Å². The van der Waals surface area contributed by atoms with Crippen LogP contribution in [0.2, 0.25) is 0 Å². The maximum Gasteiger partial charge on any atom is 0.306 e. The third-order valence-corrected chi connectivity index (χ3v) is 12.2. The second-order valence-electron chi connectivity index (χ2n) is 19.1. The first-order valence-electron chi connectivity index (χ1n) is 29.5. The van der Waals surface area contributed by atoms with Crippen molar-refractivity contribution in [3.63, 3.8) is 0 Å². The van der Waals surface area contributed by atoms with Gasteiger partial charge in [-0.15, -0.1) is 0 Å². The lowest BCUT2D eigenvalue weighted by molar-refractivity contribution is -0.167. The summed E-state index contributed by atoms with van der Waals surface area (Å²) in [6.45, 7) is 6.36. The number of hydrogen-bond acceptors (Lipinski definition) is 6. The van der Waals surface area contributed by atoms with Gasteiger partial charge in [0.25, 0.3) is 0 Å². The summed E-state index contributed by atoms with van der Waals surface area (Å²) in [6, 6.07) is 0. The van der Waals surface area contributed by atoms with E-state index in [1.54, 1.807) is 0 Å². The SMILES string of the molecule is CC/C=C\C/C=C\C/C=C\C/C=C\C/C=C\CCCCCCCC(=O)OCC(COC(=O)CCCCCCC/C=C\C/C=C\CCCCCC)OC(=O)CCCCCCCCC/C=C\C/C=C\C/C=C\CC. The topological polar surface area (TPSA) is 78.9 Å². The summed E-state index contributed by atoms with van der Waals surface area (Å²) in [5.74, 6) is -0.940. The maximum atomic E-state index is 12.9. The number of carbonyl (C=O) groups excluding carboxylic acids is 3. The minimum atomic E-state index is -0.802. The van der Waals surface area contributed by atoms with Crippen molar-refractivity contribution in [2.45, 2.75) is 264 Å². The molecule has 6 heteroatoms. The van der Waals surface area contributed by atoms with Gasteiger partial charge in [0.2, 0.25) is 0 Å². The predicted octanol–water partition coefficient (Wildman–Crippen LogP) is 20.0. The number of ether oxygens (including phenoxy) is 3. The molecule has 0 saturated carbocycles. The van der Waals surface area contributed by atoms with E-state index in [1.165, 1.54) is 57.8 Å². The van der Waals surface area contributed by atoms with Crippen LogP contribution in [0, 0.1) is 0 Å². The molecule has 0 amide bonds. The highest BCUT2D eigenvalue weighted by atomic mass is 16.6. The quantitative estimate of drug-likeness (QED) is 0.0261. The smallest absolute Gasteiger partial charge is 0.306 e. The molecule has 0 aliphatic carbocycles. The molecular formula is C66H108O6. The highest BCUT2D eigenvalue weighted by Crippen LogP contribution is 2.14. The van der Waals surface area contributed by atoms with E-state index in [-0.39, 0.29) is 31.1 Å². The van der Waals surface area contributed by atoms with Crippen molar-refractivity contribution in [3.8, 4) is 0 Å². The highest BCUT2D eigenvalue weighted by molar-refractivity contribution is 5.71. The van der Waals surface area contributed by atoms with Gasteiger partial charge < -0.3 is 14.2 Å². The van der Waals surface area contributed by atoms with Crippen LogP contribution in [0.1, 0.15) is 258 Å². The number of carbonyl (C=O) groups is 3. The Morgan fingerprint density at radius 3 is 0.847 bits per heavy atom. The Morgan fingerprint density at radius 1 is 0.292 bits per heavy atom. The molecule has 0 radical (unpaired) electrons. The van der Waals surface area contributed by atoms with Crippen LogP contribution in [0.25, 0.3) is 0 Å². The van der Waals surface area contributed by atoms with Crippen LogP contribution in [0.15, 0.2) is 122 Å². The molecule has 408 valence electrons. The molecule has 1 atom stereocenters. The van der Waals surface area contributed by atoms with Gasteiger partial charge in [0.15, 0.2) is 6.10 Å². The molecule has 0 rings (SSSR count). The molecule has 0 heterocycles. The van der Waals surface area contributed by atoms with Crippen LogP contribution in [0.5, 0.6) is 0 Å². The molecule has 0 aliphatic rings. The van der Waals surface area contributed by atoms with Crippen LogP contribution in [0.4, 0.5) is 0 Å². The van der Waals surface area contributed by atoms with Gasteiger partial charge in [0.1, 0.15) is 13.2 Å². The number of hydrogen-bond donors (Lipinski definition) is 0. The van der Waals surface area contributed by atoms with Gasteiger partial charge >= 0.3 is 17.9 Å². The van der Waals surface area contributed by atoms with Gasteiger partial charge in [0.05, 0.1) is 0 Å². The lowest BCUT2D eigenvalue weighted by Crippen LogP contribution is -2.30. The molecule has 1 unspecified atom stereocenters. The molecule has 72 heavy (non-hydrogen) atoms. The molecule has 0 saturated heterocycles. The molecular weight excluding hydrogens is 889 g/mol. The van der Waals surface area contributed by atoms with Crippen molar-refractivity contribution >= 4 is 17.9 Å². The first-order chi connectivity index (χ1) is 35.5. The number of rotatable bonds is 52. The summed E-state index contributed by atoms with van der Waals surface area (Å²) < 4.78 is 16.9. The zero-order valence-electron chi connectivity index (χ0n) is 46.7. The summed E-state index contributed by atoms with van der Waals surface area (Å²) in [6.07, 6.45) is 81.8. The van der Waals surface area contributed by atoms with Crippen molar-refractivity contribution in [2.75, 3.05) is 13.2 Å². The van der Waals surface area contributed by atoms with Crippen molar-refractivity contribution in [2.24, 2.45) is 0 Å². The maximum absolute atomic E-state index is 12.9. The standard InChI is InChI=1S/C66H108O6/c1-4-7-10-13-16-19-22-25-28-31-32-33-34-36-38-41-44-47-50-53-56-59-65(68)71-62-63(61-70-64(67)58-55-52-49-46-43-40-37-30-27-24-21-18-15-12-9-6-3)72-66(69)60-57-54-51-48-45-42-39-35-29-26-23-20-17-14-11-8-5-2/h7-8,10-11,16-17,19-21,24-26,28-30,32-33,36-38,63H,4-6,9,12-15,18,22-23,27,31,34-35,39-62H2,1-3H3/b10-7-,11-8-,19-16-,20-17-,24-21-,28-25-,29-26-,33-32-,37-30-,38-36-. The van der Waals surface area contributed by atoms with Crippen molar-refractivity contribution < 1.29 is 28.6 Å². The Balaban J connectivity index is 4.47. The Kier molecular flexibility index (Phi) is 55.9. The first kappa shape index (κ1) is 67.8. The molecule has 0 spiro atoms. The second kappa shape index (κ2) is 59.4. The van der Waals surface area contributed by atoms with E-state index in [2.05, 4.69) is 142 Å². The molecule has 0 aromatic rings. The van der Waals surface area contributed by atoms with Gasteiger partial charge in [-0.2, -0.15) is 0 Å². The molecule has 0 aromatic carbocycles. The summed E-state index contributed by atoms with van der Waals surface area (Å²) in [4.78, 5) is 38.2. The fourth-order valence-electron chi connectivity index (χ4n) is 7.81. The third kappa shape index (κ3) is 56.7. The van der Waals surface area contributed by atoms with Crippen LogP contribution >= 0.6 is 0 Å². The highest BCUT2D eigenvalue weighted by Gasteiger charge is 2.19. The Labute approximate surface area is 443 Å². The lowest BCUT2D eigenvalue weighted by Gasteiger charge is -2.18. The van der Waals surface area contributed by atoms with E-state index in [0.29, 0.717) is 19.3 Å². The van der Waals surface area contributed by atoms with E-state index in [1.807, 2.05) is 0 Å². The third-order valence-electron chi connectivity index (χ3n) is 12.2. The Hall–Kier alpha value is -4.19. The zero-order chi connectivity index (χ0) is 52.2. The van der Waals surface area contributed by atoms with Crippen molar-refractivity contribution in [3.05, 3.63) is 122 Å². The Bertz CT molecular complexity index is 1520.